The molecule has 0 heterocycles. The van der Waals surface area contributed by atoms with Crippen molar-refractivity contribution in [2.45, 2.75) is 13.5 Å². The van der Waals surface area contributed by atoms with Crippen molar-refractivity contribution in [1.29, 1.82) is 0 Å². The van der Waals surface area contributed by atoms with E-state index in [2.05, 4.69) is 5.32 Å². The minimum Gasteiger partial charge on any atom is -0.350 e. The molecule has 0 aliphatic rings. The van der Waals surface area contributed by atoms with E-state index in [9.17, 15) is 13.2 Å². The number of carbonyl (C=O) groups excluding carboxylic acids is 1. The summed E-state index contributed by atoms with van der Waals surface area (Å²) in [6.07, 6.45) is 1.05. The van der Waals surface area contributed by atoms with Gasteiger partial charge in [0.2, 0.25) is 15.9 Å². The number of sulfonamides is 1. The Balaban J connectivity index is 2.08. The third kappa shape index (κ3) is 4.97. The van der Waals surface area contributed by atoms with Crippen LogP contribution in [0, 0.1) is 6.92 Å². The Labute approximate surface area is 147 Å². The van der Waals surface area contributed by atoms with Gasteiger partial charge in [-0.15, -0.1) is 0 Å². The summed E-state index contributed by atoms with van der Waals surface area (Å²) in [4.78, 5) is 12.2. The maximum atomic E-state index is 12.2. The van der Waals surface area contributed by atoms with Gasteiger partial charge in [0.1, 0.15) is 6.54 Å². The number of anilines is 1. The molecule has 0 atom stereocenters. The highest BCUT2D eigenvalue weighted by Gasteiger charge is 2.22. The van der Waals surface area contributed by atoms with Crippen LogP contribution in [-0.2, 0) is 21.4 Å². The first-order chi connectivity index (χ1) is 11.3. The number of amides is 1. The minimum atomic E-state index is -3.64. The first-order valence-corrected chi connectivity index (χ1v) is 9.54. The van der Waals surface area contributed by atoms with Gasteiger partial charge in [0, 0.05) is 6.54 Å². The summed E-state index contributed by atoms with van der Waals surface area (Å²) in [5.74, 6) is -0.402. The molecule has 24 heavy (non-hydrogen) atoms. The largest absolute Gasteiger partial charge is 0.350 e. The molecule has 0 spiro atoms. The molecule has 7 heteroatoms. The van der Waals surface area contributed by atoms with Gasteiger partial charge in [-0.2, -0.15) is 0 Å². The Kier molecular flexibility index (Phi) is 5.85. The Hall–Kier alpha value is -2.05. The van der Waals surface area contributed by atoms with Crippen molar-refractivity contribution < 1.29 is 13.2 Å². The zero-order valence-corrected chi connectivity index (χ0v) is 15.1. The lowest BCUT2D eigenvalue weighted by atomic mass is 10.1. The Morgan fingerprint density at radius 2 is 1.75 bits per heavy atom. The molecule has 0 aromatic heterocycles. The van der Waals surface area contributed by atoms with E-state index in [4.69, 9.17) is 11.6 Å². The van der Waals surface area contributed by atoms with E-state index in [1.165, 1.54) is 0 Å². The summed E-state index contributed by atoms with van der Waals surface area (Å²) >= 11 is 6.06. The molecule has 1 N–H and O–H groups in total. The fourth-order valence-corrected chi connectivity index (χ4v) is 3.28. The molecule has 0 bridgehead atoms. The Morgan fingerprint density at radius 1 is 1.12 bits per heavy atom. The van der Waals surface area contributed by atoms with Crippen LogP contribution in [0.15, 0.2) is 48.5 Å². The van der Waals surface area contributed by atoms with E-state index >= 15 is 0 Å². The molecule has 0 unspecified atom stereocenters. The van der Waals surface area contributed by atoms with Crippen LogP contribution in [0.1, 0.15) is 11.1 Å². The van der Waals surface area contributed by atoms with Crippen LogP contribution >= 0.6 is 11.6 Å². The highest BCUT2D eigenvalue weighted by atomic mass is 35.5. The summed E-state index contributed by atoms with van der Waals surface area (Å²) in [6.45, 7) is 1.99. The molecule has 5 nitrogen and oxygen atoms in total. The number of nitrogens with one attached hydrogen (secondary N) is 1. The average Bonchev–Trinajstić information content (AvgIpc) is 2.52. The smallest absolute Gasteiger partial charge is 0.241 e. The number of hydrogen-bond acceptors (Lipinski definition) is 3. The van der Waals surface area contributed by atoms with Crippen molar-refractivity contribution in [3.8, 4) is 0 Å². The topological polar surface area (TPSA) is 66.5 Å². The Bertz CT molecular complexity index is 820. The second-order valence-corrected chi connectivity index (χ2v) is 7.80. The molecule has 2 aromatic carbocycles. The molecule has 0 saturated heterocycles. The molecule has 0 radical (unpaired) electrons. The number of nitrogens with zero attached hydrogens (tertiary/aromatic N) is 1. The van der Waals surface area contributed by atoms with Crippen LogP contribution in [0.25, 0.3) is 0 Å². The lowest BCUT2D eigenvalue weighted by Gasteiger charge is -2.22. The minimum absolute atomic E-state index is 0.272. The zero-order chi connectivity index (χ0) is 17.7. The second-order valence-electron chi connectivity index (χ2n) is 5.48. The van der Waals surface area contributed by atoms with Crippen molar-refractivity contribution in [3.05, 3.63) is 64.7 Å². The van der Waals surface area contributed by atoms with Gasteiger partial charge in [-0.05, 0) is 24.6 Å². The summed E-state index contributed by atoms with van der Waals surface area (Å²) in [5, 5.41) is 2.99. The number of benzene rings is 2. The molecular formula is C17H19ClN2O3S. The van der Waals surface area contributed by atoms with Gasteiger partial charge in [-0.3, -0.25) is 9.10 Å². The van der Waals surface area contributed by atoms with E-state index in [0.29, 0.717) is 6.54 Å². The van der Waals surface area contributed by atoms with Crippen LogP contribution in [0.5, 0.6) is 0 Å². The van der Waals surface area contributed by atoms with Crippen LogP contribution in [0.3, 0.4) is 0 Å². The van der Waals surface area contributed by atoms with Gasteiger partial charge >= 0.3 is 0 Å². The lowest BCUT2D eigenvalue weighted by molar-refractivity contribution is -0.119. The van der Waals surface area contributed by atoms with E-state index in [-0.39, 0.29) is 17.3 Å². The third-order valence-corrected chi connectivity index (χ3v) is 4.87. The van der Waals surface area contributed by atoms with E-state index in [1.807, 2.05) is 31.2 Å². The molecule has 0 saturated carbocycles. The van der Waals surface area contributed by atoms with E-state index < -0.39 is 15.9 Å². The quantitative estimate of drug-likeness (QED) is 0.854. The molecule has 0 aliphatic carbocycles. The molecule has 128 valence electrons. The number of halogens is 1. The fourth-order valence-electron chi connectivity index (χ4n) is 2.13. The summed E-state index contributed by atoms with van der Waals surface area (Å²) in [7, 11) is -3.64. The van der Waals surface area contributed by atoms with Crippen molar-refractivity contribution in [2.75, 3.05) is 17.1 Å². The standard InChI is InChI=1S/C17H19ClN2O3S/c1-13-7-9-14(10-8-13)11-19-17(21)12-20(24(2,22)23)16-6-4-3-5-15(16)18/h3-10H,11-12H2,1-2H3,(H,19,21). The van der Waals surface area contributed by atoms with Crippen molar-refractivity contribution in [2.24, 2.45) is 0 Å². The maximum absolute atomic E-state index is 12.2. The zero-order valence-electron chi connectivity index (χ0n) is 13.5. The summed E-state index contributed by atoms with van der Waals surface area (Å²) in [5.41, 5.74) is 2.36. The summed E-state index contributed by atoms with van der Waals surface area (Å²) < 4.78 is 25.0. The SMILES string of the molecule is Cc1ccc(CNC(=O)CN(c2ccccc2Cl)S(C)(=O)=O)cc1. The highest BCUT2D eigenvalue weighted by molar-refractivity contribution is 7.92. The normalized spacial score (nSPS) is 11.1. The monoisotopic (exact) mass is 366 g/mol. The maximum Gasteiger partial charge on any atom is 0.241 e. The van der Waals surface area contributed by atoms with E-state index in [0.717, 1.165) is 21.7 Å². The number of hydrogen-bond donors (Lipinski definition) is 1. The number of rotatable bonds is 6. The van der Waals surface area contributed by atoms with Crippen LogP contribution in [-0.4, -0.2) is 27.1 Å². The molecular weight excluding hydrogens is 348 g/mol. The van der Waals surface area contributed by atoms with Gasteiger partial charge < -0.3 is 5.32 Å². The number of carbonyl (C=O) groups is 1. The molecule has 1 amide bonds. The average molecular weight is 367 g/mol. The predicted octanol–water partition coefficient (Wildman–Crippen LogP) is 2.73. The molecule has 2 aromatic rings. The van der Waals surface area contributed by atoms with Gasteiger partial charge in [0.25, 0.3) is 0 Å². The highest BCUT2D eigenvalue weighted by Crippen LogP contribution is 2.26. The predicted molar refractivity (Wildman–Crippen MR) is 96.7 cm³/mol. The molecule has 0 aliphatic heterocycles. The van der Waals surface area contributed by atoms with Crippen LogP contribution in [0.2, 0.25) is 5.02 Å². The molecule has 0 fully saturated rings. The van der Waals surface area contributed by atoms with Gasteiger partial charge in [0.15, 0.2) is 0 Å². The van der Waals surface area contributed by atoms with Crippen molar-refractivity contribution >= 4 is 33.2 Å². The third-order valence-electron chi connectivity index (χ3n) is 3.42. The first kappa shape index (κ1) is 18.3. The van der Waals surface area contributed by atoms with Gasteiger partial charge in [-0.1, -0.05) is 53.6 Å². The first-order valence-electron chi connectivity index (χ1n) is 7.32. The van der Waals surface area contributed by atoms with Gasteiger partial charge in [-0.25, -0.2) is 8.42 Å². The Morgan fingerprint density at radius 3 is 2.33 bits per heavy atom. The number of para-hydroxylation sites is 1. The van der Waals surface area contributed by atoms with Crippen molar-refractivity contribution in [1.82, 2.24) is 5.32 Å². The molecule has 2 rings (SSSR count). The number of aryl methyl sites for hydroxylation is 1. The lowest BCUT2D eigenvalue weighted by Crippen LogP contribution is -2.40. The van der Waals surface area contributed by atoms with E-state index in [1.54, 1.807) is 24.3 Å². The fraction of sp³-hybridized carbons (Fsp3) is 0.235. The van der Waals surface area contributed by atoms with Crippen LogP contribution < -0.4 is 9.62 Å². The van der Waals surface area contributed by atoms with Crippen LogP contribution in [0.4, 0.5) is 5.69 Å². The van der Waals surface area contributed by atoms with Gasteiger partial charge in [0.05, 0.1) is 17.0 Å². The second kappa shape index (κ2) is 7.68. The van der Waals surface area contributed by atoms with Crippen molar-refractivity contribution in [3.63, 3.8) is 0 Å². The summed E-state index contributed by atoms with van der Waals surface area (Å²) in [6, 6.07) is 14.3.